The van der Waals surface area contributed by atoms with Crippen molar-refractivity contribution in [1.29, 1.82) is 0 Å². The van der Waals surface area contributed by atoms with Crippen LogP contribution in [0.25, 0.3) is 11.0 Å². The highest BCUT2D eigenvalue weighted by Gasteiger charge is 2.42. The molecule has 1 N–H and O–H groups in total. The number of carbonyl (C=O) groups is 1. The van der Waals surface area contributed by atoms with Crippen molar-refractivity contribution in [3.8, 4) is 0 Å². The summed E-state index contributed by atoms with van der Waals surface area (Å²) in [6, 6.07) is 24.3. The number of carbonyl (C=O) groups excluding carboxylic acids is 1. The third-order valence-electron chi connectivity index (χ3n) is 9.36. The Balaban J connectivity index is 1.12. The fourth-order valence-electron chi connectivity index (χ4n) is 6.72. The summed E-state index contributed by atoms with van der Waals surface area (Å²) >= 11 is 12.8. The number of nitrogens with one attached hydrogen (secondary N) is 1. The van der Waals surface area contributed by atoms with Gasteiger partial charge in [0.05, 0.1) is 21.1 Å². The highest BCUT2D eigenvalue weighted by molar-refractivity contribution is 6.42. The number of para-hydroxylation sites is 2. The van der Waals surface area contributed by atoms with Crippen molar-refractivity contribution in [2.24, 2.45) is 0 Å². The average Bonchev–Trinajstić information content (AvgIpc) is 3.63. The molecular weight excluding hydrogens is 589 g/mol. The second-order valence-corrected chi connectivity index (χ2v) is 13.4. The first kappa shape index (κ1) is 30.7. The minimum absolute atomic E-state index is 0.0926. The smallest absolute Gasteiger partial charge is 0.253 e. The Morgan fingerprint density at radius 1 is 0.977 bits per heavy atom. The number of anilines is 1. The van der Waals surface area contributed by atoms with E-state index in [1.165, 1.54) is 11.1 Å². The Hall–Kier alpha value is -3.32. The maximum Gasteiger partial charge on any atom is 0.253 e. The molecule has 0 radical (unpaired) electrons. The van der Waals surface area contributed by atoms with Crippen LogP contribution in [0.1, 0.15) is 55.5 Å². The predicted molar refractivity (Wildman–Crippen MR) is 182 cm³/mol. The molecule has 2 saturated heterocycles. The SMILES string of the molecule is CC(C)=CCn1c(NC2CCN(CCC3(c4ccc(Cl)c(Cl)c4)CCN(C(=O)c4ccccc4)C3)CC2)nc2ccccc21. The van der Waals surface area contributed by atoms with E-state index in [1.54, 1.807) is 0 Å². The lowest BCUT2D eigenvalue weighted by atomic mass is 9.76. The topological polar surface area (TPSA) is 53.4 Å². The molecule has 6 nitrogen and oxygen atoms in total. The number of imidazole rings is 1. The summed E-state index contributed by atoms with van der Waals surface area (Å²) in [4.78, 5) is 22.9. The zero-order valence-electron chi connectivity index (χ0n) is 25.6. The summed E-state index contributed by atoms with van der Waals surface area (Å²) < 4.78 is 2.29. The maximum absolute atomic E-state index is 13.4. The van der Waals surface area contributed by atoms with Crippen LogP contribution >= 0.6 is 23.2 Å². The first-order valence-corrected chi connectivity index (χ1v) is 16.4. The fraction of sp³-hybridized carbons (Fsp3) is 0.389. The first-order chi connectivity index (χ1) is 21.3. The zero-order valence-corrected chi connectivity index (χ0v) is 27.1. The summed E-state index contributed by atoms with van der Waals surface area (Å²) in [6.07, 6.45) is 6.24. The van der Waals surface area contributed by atoms with Gasteiger partial charge in [0, 0.05) is 49.7 Å². The number of halogens is 2. The number of aromatic nitrogens is 2. The monoisotopic (exact) mass is 629 g/mol. The minimum Gasteiger partial charge on any atom is -0.353 e. The molecule has 8 heteroatoms. The van der Waals surface area contributed by atoms with E-state index >= 15 is 0 Å². The molecule has 230 valence electrons. The molecule has 6 rings (SSSR count). The van der Waals surface area contributed by atoms with Crippen LogP contribution in [-0.2, 0) is 12.0 Å². The number of allylic oxidation sites excluding steroid dienone is 2. The van der Waals surface area contributed by atoms with Gasteiger partial charge in [-0.2, -0.15) is 0 Å². The highest BCUT2D eigenvalue weighted by Crippen LogP contribution is 2.41. The third-order valence-corrected chi connectivity index (χ3v) is 10.1. The summed E-state index contributed by atoms with van der Waals surface area (Å²) in [5, 5.41) is 4.91. The molecule has 1 amide bonds. The molecule has 44 heavy (non-hydrogen) atoms. The van der Waals surface area contributed by atoms with E-state index < -0.39 is 0 Å². The van der Waals surface area contributed by atoms with Crippen LogP contribution in [0.2, 0.25) is 10.0 Å². The molecule has 1 atom stereocenters. The van der Waals surface area contributed by atoms with Crippen molar-refractivity contribution in [1.82, 2.24) is 19.4 Å². The average molecular weight is 631 g/mol. The van der Waals surface area contributed by atoms with Gasteiger partial charge < -0.3 is 19.7 Å². The molecule has 0 spiro atoms. The normalized spacial score (nSPS) is 19.4. The lowest BCUT2D eigenvalue weighted by Gasteiger charge is -2.36. The molecule has 0 aliphatic carbocycles. The zero-order chi connectivity index (χ0) is 30.7. The van der Waals surface area contributed by atoms with Gasteiger partial charge in [-0.25, -0.2) is 4.98 Å². The van der Waals surface area contributed by atoms with Gasteiger partial charge in [-0.05, 0) is 88.0 Å². The van der Waals surface area contributed by atoms with Crippen LogP contribution in [0, 0.1) is 0 Å². The van der Waals surface area contributed by atoms with Crippen LogP contribution in [0.4, 0.5) is 5.95 Å². The summed E-state index contributed by atoms with van der Waals surface area (Å²) in [7, 11) is 0. The van der Waals surface area contributed by atoms with Crippen molar-refractivity contribution in [3.05, 3.63) is 106 Å². The van der Waals surface area contributed by atoms with E-state index in [-0.39, 0.29) is 11.3 Å². The number of rotatable bonds is 9. The van der Waals surface area contributed by atoms with Gasteiger partial charge >= 0.3 is 0 Å². The van der Waals surface area contributed by atoms with Crippen molar-refractivity contribution < 1.29 is 4.79 Å². The number of benzene rings is 3. The van der Waals surface area contributed by atoms with Gasteiger partial charge in [-0.3, -0.25) is 4.79 Å². The second-order valence-electron chi connectivity index (χ2n) is 12.6. The number of hydrogen-bond donors (Lipinski definition) is 1. The van der Waals surface area contributed by atoms with Crippen molar-refractivity contribution in [2.75, 3.05) is 38.0 Å². The summed E-state index contributed by atoms with van der Waals surface area (Å²) in [5.74, 6) is 1.05. The Bertz CT molecular complexity index is 1640. The predicted octanol–water partition coefficient (Wildman–Crippen LogP) is 8.06. The van der Waals surface area contributed by atoms with E-state index in [1.807, 2.05) is 47.4 Å². The Morgan fingerprint density at radius 2 is 1.73 bits per heavy atom. The van der Waals surface area contributed by atoms with Gasteiger partial charge in [0.15, 0.2) is 0 Å². The van der Waals surface area contributed by atoms with Gasteiger partial charge in [0.25, 0.3) is 5.91 Å². The molecule has 3 heterocycles. The van der Waals surface area contributed by atoms with E-state index in [0.717, 1.165) is 81.0 Å². The lowest BCUT2D eigenvalue weighted by Crippen LogP contribution is -2.42. The Kier molecular flexibility index (Phi) is 9.31. The highest BCUT2D eigenvalue weighted by atomic mass is 35.5. The van der Waals surface area contributed by atoms with Crippen LogP contribution in [-0.4, -0.2) is 64.0 Å². The molecule has 4 aromatic rings. The number of amides is 1. The molecule has 2 aliphatic rings. The third kappa shape index (κ3) is 6.68. The van der Waals surface area contributed by atoms with E-state index in [4.69, 9.17) is 28.2 Å². The number of nitrogens with zero attached hydrogens (tertiary/aromatic N) is 4. The molecule has 1 aromatic heterocycles. The van der Waals surface area contributed by atoms with E-state index in [9.17, 15) is 4.79 Å². The van der Waals surface area contributed by atoms with Gasteiger partial charge in [0.1, 0.15) is 0 Å². The molecule has 2 aliphatic heterocycles. The molecule has 0 saturated carbocycles. The standard InChI is InChI=1S/C36H41Cl2N5O/c1-26(2)14-21-43-33-11-7-6-10-32(33)40-35(43)39-29-15-19-41(20-16-29)22-17-36(28-12-13-30(37)31(38)24-28)18-23-42(25-36)34(44)27-8-4-3-5-9-27/h3-14,24,29H,15-23,25H2,1-2H3,(H,39,40). The maximum atomic E-state index is 13.4. The first-order valence-electron chi connectivity index (χ1n) is 15.7. The van der Waals surface area contributed by atoms with Crippen LogP contribution < -0.4 is 5.32 Å². The van der Waals surface area contributed by atoms with Crippen LogP contribution in [0.5, 0.6) is 0 Å². The number of piperidine rings is 1. The molecule has 0 bridgehead atoms. The van der Waals surface area contributed by atoms with E-state index in [0.29, 0.717) is 22.6 Å². The Labute approximate surface area is 270 Å². The second kappa shape index (κ2) is 13.4. The summed E-state index contributed by atoms with van der Waals surface area (Å²) in [6.45, 7) is 9.51. The molecule has 1 unspecified atom stereocenters. The molecule has 3 aromatic carbocycles. The van der Waals surface area contributed by atoms with E-state index in [2.05, 4.69) is 65.0 Å². The molecule has 2 fully saturated rings. The number of hydrogen-bond acceptors (Lipinski definition) is 4. The lowest BCUT2D eigenvalue weighted by molar-refractivity contribution is 0.0780. The fourth-order valence-corrected chi connectivity index (χ4v) is 7.02. The van der Waals surface area contributed by atoms with Crippen LogP contribution in [0.15, 0.2) is 84.4 Å². The number of likely N-dealkylation sites (tertiary alicyclic amines) is 2. The van der Waals surface area contributed by atoms with Crippen molar-refractivity contribution in [3.63, 3.8) is 0 Å². The molecular formula is C36H41Cl2N5O. The van der Waals surface area contributed by atoms with Crippen molar-refractivity contribution in [2.45, 2.75) is 57.5 Å². The minimum atomic E-state index is -0.163. The van der Waals surface area contributed by atoms with Crippen molar-refractivity contribution >= 4 is 46.1 Å². The largest absolute Gasteiger partial charge is 0.353 e. The van der Waals surface area contributed by atoms with Gasteiger partial charge in [-0.15, -0.1) is 0 Å². The quantitative estimate of drug-likeness (QED) is 0.190. The Morgan fingerprint density at radius 3 is 2.48 bits per heavy atom. The van der Waals surface area contributed by atoms with Gasteiger partial charge in [-0.1, -0.05) is 71.2 Å². The summed E-state index contributed by atoms with van der Waals surface area (Å²) in [5.41, 5.74) is 5.23. The van der Waals surface area contributed by atoms with Gasteiger partial charge in [0.2, 0.25) is 5.95 Å². The number of fused-ring (bicyclic) bond motifs is 1. The van der Waals surface area contributed by atoms with Crippen LogP contribution in [0.3, 0.4) is 0 Å².